The third kappa shape index (κ3) is 3.58. The molecule has 1 rings (SSSR count). The third-order valence-electron chi connectivity index (χ3n) is 4.04. The first kappa shape index (κ1) is 14.3. The van der Waals surface area contributed by atoms with Crippen LogP contribution in [0.25, 0.3) is 0 Å². The van der Waals surface area contributed by atoms with Gasteiger partial charge in [0.05, 0.1) is 13.6 Å². The molecule has 0 atom stereocenters. The highest BCUT2D eigenvalue weighted by atomic mass is 15.2. The van der Waals surface area contributed by atoms with E-state index in [-0.39, 0.29) is 0 Å². The molecule has 0 fully saturated rings. The number of unbranched alkanes of at least 4 members (excludes halogenated alkanes) is 5. The highest BCUT2D eigenvalue weighted by Crippen LogP contribution is 2.11. The minimum Gasteiger partial charge on any atom is -0.234 e. The van der Waals surface area contributed by atoms with Crippen molar-refractivity contribution in [2.75, 3.05) is 0 Å². The number of aromatic nitrogens is 2. The molecule has 0 saturated carbocycles. The SMILES string of the molecule is CCCCCCCCn1c(C)c(C)[n+](C)c1C. The second kappa shape index (κ2) is 6.83. The molecule has 1 heterocycles. The van der Waals surface area contributed by atoms with Gasteiger partial charge in [-0.3, -0.25) is 0 Å². The quantitative estimate of drug-likeness (QED) is 0.506. The second-order valence-corrected chi connectivity index (χ2v) is 5.20. The first-order valence-corrected chi connectivity index (χ1v) is 7.11. The Bertz CT molecular complexity index is 325. The summed E-state index contributed by atoms with van der Waals surface area (Å²) in [4.78, 5) is 0. The molecule has 2 nitrogen and oxygen atoms in total. The number of imidazole rings is 1. The average molecular weight is 237 g/mol. The molecule has 0 spiro atoms. The van der Waals surface area contributed by atoms with Crippen molar-refractivity contribution < 1.29 is 4.57 Å². The summed E-state index contributed by atoms with van der Waals surface area (Å²) in [6.07, 6.45) is 8.24. The minimum atomic E-state index is 1.19. The summed E-state index contributed by atoms with van der Waals surface area (Å²) in [5.41, 5.74) is 2.83. The van der Waals surface area contributed by atoms with Crippen molar-refractivity contribution in [3.05, 3.63) is 17.2 Å². The Morgan fingerprint density at radius 3 is 2.06 bits per heavy atom. The maximum atomic E-state index is 2.47. The highest BCUT2D eigenvalue weighted by molar-refractivity contribution is 5.06. The molecule has 0 aliphatic rings. The van der Waals surface area contributed by atoms with Crippen molar-refractivity contribution in [2.45, 2.75) is 72.8 Å². The van der Waals surface area contributed by atoms with Crippen molar-refractivity contribution in [1.29, 1.82) is 0 Å². The molecule has 0 unspecified atom stereocenters. The van der Waals surface area contributed by atoms with E-state index in [1.165, 1.54) is 62.3 Å². The smallest absolute Gasteiger partial charge is 0.234 e. The van der Waals surface area contributed by atoms with Crippen LogP contribution in [0.4, 0.5) is 0 Å². The first-order valence-electron chi connectivity index (χ1n) is 7.11. The predicted molar refractivity (Wildman–Crippen MR) is 73.2 cm³/mol. The van der Waals surface area contributed by atoms with Crippen LogP contribution >= 0.6 is 0 Å². The summed E-state index contributed by atoms with van der Waals surface area (Å²) in [7, 11) is 2.16. The zero-order valence-corrected chi connectivity index (χ0v) is 12.3. The lowest BCUT2D eigenvalue weighted by Crippen LogP contribution is -2.33. The van der Waals surface area contributed by atoms with Crippen LogP contribution in [0.5, 0.6) is 0 Å². The Balaban J connectivity index is 2.39. The van der Waals surface area contributed by atoms with E-state index in [1.54, 1.807) is 0 Å². The number of rotatable bonds is 7. The van der Waals surface area contributed by atoms with Crippen molar-refractivity contribution in [1.82, 2.24) is 4.57 Å². The van der Waals surface area contributed by atoms with E-state index in [0.717, 1.165) is 0 Å². The maximum absolute atomic E-state index is 2.47. The van der Waals surface area contributed by atoms with E-state index in [9.17, 15) is 0 Å². The second-order valence-electron chi connectivity index (χ2n) is 5.20. The monoisotopic (exact) mass is 237 g/mol. The number of hydrogen-bond donors (Lipinski definition) is 0. The topological polar surface area (TPSA) is 8.81 Å². The lowest BCUT2D eigenvalue weighted by atomic mass is 10.1. The van der Waals surface area contributed by atoms with Gasteiger partial charge in [-0.15, -0.1) is 0 Å². The molecule has 0 aliphatic carbocycles. The molecule has 0 bridgehead atoms. The van der Waals surface area contributed by atoms with Crippen molar-refractivity contribution in [3.63, 3.8) is 0 Å². The van der Waals surface area contributed by atoms with Gasteiger partial charge in [0.1, 0.15) is 11.4 Å². The van der Waals surface area contributed by atoms with Gasteiger partial charge in [-0.25, -0.2) is 9.13 Å². The van der Waals surface area contributed by atoms with Crippen LogP contribution in [0.1, 0.15) is 62.7 Å². The van der Waals surface area contributed by atoms with Crippen LogP contribution in [0.3, 0.4) is 0 Å². The van der Waals surface area contributed by atoms with Gasteiger partial charge in [0.2, 0.25) is 0 Å². The van der Waals surface area contributed by atoms with Crippen molar-refractivity contribution >= 4 is 0 Å². The molecule has 1 aromatic rings. The summed E-state index contributed by atoms with van der Waals surface area (Å²) in [6, 6.07) is 0. The molecular weight excluding hydrogens is 208 g/mol. The van der Waals surface area contributed by atoms with Gasteiger partial charge in [-0.05, 0) is 12.8 Å². The lowest BCUT2D eigenvalue weighted by Gasteiger charge is -2.02. The molecule has 0 N–H and O–H groups in total. The highest BCUT2D eigenvalue weighted by Gasteiger charge is 2.18. The van der Waals surface area contributed by atoms with Crippen molar-refractivity contribution in [3.8, 4) is 0 Å². The van der Waals surface area contributed by atoms with Gasteiger partial charge in [-0.2, -0.15) is 0 Å². The standard InChI is InChI=1S/C15H29N2/c1-6-7-8-9-10-11-12-17-14(3)13(2)16(5)15(17)4/h6-12H2,1-5H3/q+1. The average Bonchev–Trinajstić information content (AvgIpc) is 2.50. The number of nitrogens with zero attached hydrogens (tertiary/aromatic N) is 2. The molecule has 0 radical (unpaired) electrons. The van der Waals surface area contributed by atoms with Gasteiger partial charge in [0.15, 0.2) is 0 Å². The Kier molecular flexibility index (Phi) is 5.73. The normalized spacial score (nSPS) is 11.1. The molecule has 98 valence electrons. The van der Waals surface area contributed by atoms with Crippen LogP contribution in [0, 0.1) is 20.8 Å². The Hall–Kier alpha value is -0.790. The van der Waals surface area contributed by atoms with Gasteiger partial charge >= 0.3 is 0 Å². The van der Waals surface area contributed by atoms with Gasteiger partial charge in [0.25, 0.3) is 5.82 Å². The van der Waals surface area contributed by atoms with Crippen LogP contribution in [-0.4, -0.2) is 4.57 Å². The summed E-state index contributed by atoms with van der Waals surface area (Å²) in [5, 5.41) is 0. The summed E-state index contributed by atoms with van der Waals surface area (Å²) in [5.74, 6) is 1.38. The zero-order chi connectivity index (χ0) is 12.8. The predicted octanol–water partition coefficient (Wildman–Crippen LogP) is 3.60. The van der Waals surface area contributed by atoms with E-state index >= 15 is 0 Å². The fourth-order valence-electron chi connectivity index (χ4n) is 2.48. The van der Waals surface area contributed by atoms with Crippen LogP contribution in [0.15, 0.2) is 0 Å². The largest absolute Gasteiger partial charge is 0.253 e. The Morgan fingerprint density at radius 2 is 1.53 bits per heavy atom. The molecule has 0 aromatic carbocycles. The molecule has 1 aromatic heterocycles. The minimum absolute atomic E-state index is 1.19. The van der Waals surface area contributed by atoms with E-state index in [4.69, 9.17) is 0 Å². The van der Waals surface area contributed by atoms with Gasteiger partial charge < -0.3 is 0 Å². The molecule has 2 heteroatoms. The molecular formula is C15H29N2+. The first-order chi connectivity index (χ1) is 8.09. The van der Waals surface area contributed by atoms with Gasteiger partial charge in [0, 0.05) is 20.8 Å². The van der Waals surface area contributed by atoms with E-state index < -0.39 is 0 Å². The van der Waals surface area contributed by atoms with Gasteiger partial charge in [-0.1, -0.05) is 32.6 Å². The van der Waals surface area contributed by atoms with E-state index in [2.05, 4.69) is 43.9 Å². The zero-order valence-electron chi connectivity index (χ0n) is 12.3. The molecule has 0 aliphatic heterocycles. The molecule has 0 amide bonds. The van der Waals surface area contributed by atoms with Crippen LogP contribution in [0.2, 0.25) is 0 Å². The summed E-state index contributed by atoms with van der Waals surface area (Å²) in [6.45, 7) is 10.1. The fraction of sp³-hybridized carbons (Fsp3) is 0.800. The van der Waals surface area contributed by atoms with Crippen LogP contribution < -0.4 is 4.57 Å². The molecule has 17 heavy (non-hydrogen) atoms. The fourth-order valence-corrected chi connectivity index (χ4v) is 2.48. The summed E-state index contributed by atoms with van der Waals surface area (Å²) < 4.78 is 4.77. The number of hydrogen-bond acceptors (Lipinski definition) is 0. The van der Waals surface area contributed by atoms with Crippen LogP contribution in [-0.2, 0) is 13.6 Å². The van der Waals surface area contributed by atoms with Crippen molar-refractivity contribution in [2.24, 2.45) is 7.05 Å². The molecule has 0 saturated heterocycles. The van der Waals surface area contributed by atoms with E-state index in [1.807, 2.05) is 0 Å². The lowest BCUT2D eigenvalue weighted by molar-refractivity contribution is -0.683. The maximum Gasteiger partial charge on any atom is 0.253 e. The third-order valence-corrected chi connectivity index (χ3v) is 4.04. The summed E-state index contributed by atoms with van der Waals surface area (Å²) >= 11 is 0. The Labute approximate surface area is 107 Å². The Morgan fingerprint density at radius 1 is 0.941 bits per heavy atom. The van der Waals surface area contributed by atoms with E-state index in [0.29, 0.717) is 0 Å².